The van der Waals surface area contributed by atoms with Gasteiger partial charge in [-0.2, -0.15) is 0 Å². The van der Waals surface area contributed by atoms with Crippen molar-refractivity contribution in [2.45, 2.75) is 18.1 Å². The zero-order valence-corrected chi connectivity index (χ0v) is 23.2. The number of nitrogens with one attached hydrogen (secondary N) is 1. The van der Waals surface area contributed by atoms with Crippen LogP contribution < -0.4 is 14.8 Å². The molecule has 37 heavy (non-hydrogen) atoms. The Kier molecular flexibility index (Phi) is 9.09. The van der Waals surface area contributed by atoms with E-state index in [1.54, 1.807) is 38.6 Å². The number of allylic oxidation sites excluding steroid dienone is 1. The fourth-order valence-electron chi connectivity index (χ4n) is 3.48. The molecule has 2 aromatic heterocycles. The Labute approximate surface area is 232 Å². The first-order chi connectivity index (χ1) is 17.9. The second kappa shape index (κ2) is 12.5. The summed E-state index contributed by atoms with van der Waals surface area (Å²) < 4.78 is 12.6. The number of thiazole rings is 1. The van der Waals surface area contributed by atoms with Crippen LogP contribution >= 0.6 is 46.3 Å². The van der Waals surface area contributed by atoms with Crippen LogP contribution in [0.25, 0.3) is 11.4 Å². The summed E-state index contributed by atoms with van der Waals surface area (Å²) in [4.78, 5) is 17.9. The van der Waals surface area contributed by atoms with Crippen molar-refractivity contribution in [3.8, 4) is 22.9 Å². The summed E-state index contributed by atoms with van der Waals surface area (Å²) in [5, 5.41) is 13.8. The van der Waals surface area contributed by atoms with Gasteiger partial charge in [0.05, 0.1) is 20.0 Å². The predicted molar refractivity (Wildman–Crippen MR) is 149 cm³/mol. The first kappa shape index (κ1) is 27.0. The van der Waals surface area contributed by atoms with Crippen LogP contribution in [0.15, 0.2) is 60.4 Å². The smallest absolute Gasteiger partial charge is 0.236 e. The summed E-state index contributed by atoms with van der Waals surface area (Å²) >= 11 is 15.0. The molecule has 0 saturated carbocycles. The maximum atomic E-state index is 12.6. The SMILES string of the molecule is C=CCn1c(SCC(=O)Nc2ncc(Cc3cc(Cl)ccc3Cl)s2)nnc1-c1ccc(OC)c(OC)c1. The maximum Gasteiger partial charge on any atom is 0.236 e. The van der Waals surface area contributed by atoms with Gasteiger partial charge >= 0.3 is 0 Å². The van der Waals surface area contributed by atoms with Crippen LogP contribution in [-0.4, -0.2) is 45.6 Å². The minimum absolute atomic E-state index is 0.135. The van der Waals surface area contributed by atoms with Gasteiger partial charge < -0.3 is 14.8 Å². The molecule has 1 N–H and O–H groups in total. The number of carbonyl (C=O) groups is 1. The number of thioether (sulfide) groups is 1. The Bertz CT molecular complexity index is 1420. The van der Waals surface area contributed by atoms with Crippen molar-refractivity contribution >= 4 is 57.3 Å². The van der Waals surface area contributed by atoms with E-state index < -0.39 is 0 Å². The molecule has 0 radical (unpaired) electrons. The molecule has 192 valence electrons. The summed E-state index contributed by atoms with van der Waals surface area (Å²) in [6, 6.07) is 10.9. The van der Waals surface area contributed by atoms with Crippen molar-refractivity contribution in [2.75, 3.05) is 25.3 Å². The van der Waals surface area contributed by atoms with Crippen LogP contribution in [0.2, 0.25) is 10.0 Å². The Balaban J connectivity index is 1.41. The van der Waals surface area contributed by atoms with Gasteiger partial charge in [0, 0.05) is 39.6 Å². The fraction of sp³-hybridized carbons (Fsp3) is 0.200. The van der Waals surface area contributed by atoms with E-state index in [1.807, 2.05) is 28.8 Å². The number of hydrogen-bond donors (Lipinski definition) is 1. The number of halogens is 2. The molecule has 0 bridgehead atoms. The summed E-state index contributed by atoms with van der Waals surface area (Å²) in [7, 11) is 3.16. The molecule has 0 atom stereocenters. The summed E-state index contributed by atoms with van der Waals surface area (Å²) in [5.41, 5.74) is 1.71. The molecule has 0 fully saturated rings. The van der Waals surface area contributed by atoms with Crippen LogP contribution in [0.3, 0.4) is 0 Å². The lowest BCUT2D eigenvalue weighted by atomic mass is 10.1. The van der Waals surface area contributed by atoms with E-state index in [-0.39, 0.29) is 11.7 Å². The van der Waals surface area contributed by atoms with Crippen molar-refractivity contribution in [3.05, 3.63) is 75.7 Å². The minimum atomic E-state index is -0.201. The highest BCUT2D eigenvalue weighted by Crippen LogP contribution is 2.33. The molecule has 0 aliphatic rings. The number of benzene rings is 2. The maximum absolute atomic E-state index is 12.6. The largest absolute Gasteiger partial charge is 0.493 e. The monoisotopic (exact) mass is 575 g/mol. The number of amides is 1. The molecule has 0 unspecified atom stereocenters. The lowest BCUT2D eigenvalue weighted by molar-refractivity contribution is -0.113. The number of rotatable bonds is 11. The molecule has 2 aromatic carbocycles. The normalized spacial score (nSPS) is 10.8. The van der Waals surface area contributed by atoms with E-state index in [4.69, 9.17) is 32.7 Å². The van der Waals surface area contributed by atoms with Gasteiger partial charge in [-0.1, -0.05) is 41.0 Å². The van der Waals surface area contributed by atoms with Crippen molar-refractivity contribution in [2.24, 2.45) is 0 Å². The van der Waals surface area contributed by atoms with E-state index >= 15 is 0 Å². The second-order valence-corrected chi connectivity index (χ2v) is 10.6. The first-order valence-corrected chi connectivity index (χ1v) is 13.6. The van der Waals surface area contributed by atoms with Crippen molar-refractivity contribution < 1.29 is 14.3 Å². The van der Waals surface area contributed by atoms with Gasteiger partial charge in [-0.25, -0.2) is 4.98 Å². The van der Waals surface area contributed by atoms with Gasteiger partial charge in [-0.3, -0.25) is 9.36 Å². The third-order valence-electron chi connectivity index (χ3n) is 5.17. The summed E-state index contributed by atoms with van der Waals surface area (Å²) in [6.07, 6.45) is 4.05. The Hall–Kier alpha value is -3.05. The summed E-state index contributed by atoms with van der Waals surface area (Å²) in [6.45, 7) is 4.31. The lowest BCUT2D eigenvalue weighted by Gasteiger charge is -2.11. The first-order valence-electron chi connectivity index (χ1n) is 11.0. The molecule has 12 heteroatoms. The van der Waals surface area contributed by atoms with Crippen LogP contribution in [0.4, 0.5) is 5.13 Å². The molecule has 4 rings (SSSR count). The number of carbonyl (C=O) groups excluding carboxylic acids is 1. The Morgan fingerprint density at radius 1 is 1.16 bits per heavy atom. The van der Waals surface area contributed by atoms with Gasteiger partial charge in [0.2, 0.25) is 5.91 Å². The fourth-order valence-corrected chi connectivity index (χ4v) is 5.46. The van der Waals surface area contributed by atoms with Gasteiger partial charge in [0.15, 0.2) is 27.6 Å². The molecule has 0 saturated heterocycles. The van der Waals surface area contributed by atoms with E-state index in [0.717, 1.165) is 16.0 Å². The van der Waals surface area contributed by atoms with Crippen molar-refractivity contribution in [1.82, 2.24) is 19.7 Å². The topological polar surface area (TPSA) is 91.2 Å². The summed E-state index contributed by atoms with van der Waals surface area (Å²) in [5.74, 6) is 1.77. The molecule has 1 amide bonds. The minimum Gasteiger partial charge on any atom is -0.493 e. The van der Waals surface area contributed by atoms with E-state index in [9.17, 15) is 4.79 Å². The van der Waals surface area contributed by atoms with E-state index in [1.165, 1.54) is 23.1 Å². The van der Waals surface area contributed by atoms with Crippen LogP contribution in [0.1, 0.15) is 10.4 Å². The number of anilines is 1. The molecular weight excluding hydrogens is 553 g/mol. The van der Waals surface area contributed by atoms with Gasteiger partial charge in [0.1, 0.15) is 0 Å². The van der Waals surface area contributed by atoms with Crippen LogP contribution in [0, 0.1) is 0 Å². The van der Waals surface area contributed by atoms with Gasteiger partial charge in [-0.05, 0) is 42.0 Å². The van der Waals surface area contributed by atoms with Crippen molar-refractivity contribution in [1.29, 1.82) is 0 Å². The Morgan fingerprint density at radius 3 is 2.73 bits per heavy atom. The number of ether oxygens (including phenoxy) is 2. The van der Waals surface area contributed by atoms with E-state index in [2.05, 4.69) is 27.1 Å². The highest BCUT2D eigenvalue weighted by molar-refractivity contribution is 7.99. The zero-order valence-electron chi connectivity index (χ0n) is 20.0. The van der Waals surface area contributed by atoms with Crippen molar-refractivity contribution in [3.63, 3.8) is 0 Å². The highest BCUT2D eigenvalue weighted by atomic mass is 35.5. The molecule has 0 spiro atoms. The third kappa shape index (κ3) is 6.64. The molecule has 0 aliphatic carbocycles. The van der Waals surface area contributed by atoms with Crippen LogP contribution in [0.5, 0.6) is 11.5 Å². The quantitative estimate of drug-likeness (QED) is 0.167. The van der Waals surface area contributed by atoms with Crippen LogP contribution in [-0.2, 0) is 17.8 Å². The third-order valence-corrected chi connectivity index (χ3v) is 7.66. The molecule has 0 aliphatic heterocycles. The van der Waals surface area contributed by atoms with E-state index in [0.29, 0.717) is 50.6 Å². The lowest BCUT2D eigenvalue weighted by Crippen LogP contribution is -2.14. The highest BCUT2D eigenvalue weighted by Gasteiger charge is 2.17. The van der Waals surface area contributed by atoms with Gasteiger partial charge in [-0.15, -0.1) is 28.1 Å². The molecule has 4 aromatic rings. The predicted octanol–water partition coefficient (Wildman–Crippen LogP) is 6.23. The number of nitrogens with zero attached hydrogens (tertiary/aromatic N) is 4. The molecule has 8 nitrogen and oxygen atoms in total. The zero-order chi connectivity index (χ0) is 26.4. The number of aromatic nitrogens is 4. The standard InChI is InChI=1S/C25H23Cl2N5O3S2/c1-4-9-32-23(15-5-8-20(34-2)21(12-15)35-3)30-31-25(32)36-14-22(33)29-24-28-13-18(37-24)11-16-10-17(26)6-7-19(16)27/h4-8,10,12-13H,1,9,11,14H2,2-3H3,(H,28,29,33). The average molecular weight is 577 g/mol. The molecule has 2 heterocycles. The Morgan fingerprint density at radius 2 is 1.97 bits per heavy atom. The average Bonchev–Trinajstić information content (AvgIpc) is 3.51. The second-order valence-electron chi connectivity index (χ2n) is 7.66. The number of methoxy groups -OCH3 is 2. The number of hydrogen-bond acceptors (Lipinski definition) is 8. The van der Waals surface area contributed by atoms with Gasteiger partial charge in [0.25, 0.3) is 0 Å². The molecular formula is C25H23Cl2N5O3S2.